The van der Waals surface area contributed by atoms with E-state index in [0.29, 0.717) is 28.8 Å². The van der Waals surface area contributed by atoms with Crippen LogP contribution in [0, 0.1) is 31.3 Å². The normalized spacial score (nSPS) is 16.6. The summed E-state index contributed by atoms with van der Waals surface area (Å²) in [5.41, 5.74) is 5.40. The SMILES string of the molecule is Cc1cnc(-c2cccc(C(N)=O)c2F)c(F)c1-n1c(C)cc([C@H]2C[C@@H]2c2cncc(F)c2)c(Cl)c1=O. The zero-order chi connectivity index (χ0) is 26.6. The van der Waals surface area contributed by atoms with Gasteiger partial charge in [-0.1, -0.05) is 17.7 Å². The number of carbonyl (C=O) groups is 1. The molecular weight excluding hydrogens is 505 g/mol. The largest absolute Gasteiger partial charge is 0.366 e. The van der Waals surface area contributed by atoms with E-state index in [2.05, 4.69) is 9.97 Å². The Morgan fingerprint density at radius 3 is 2.54 bits per heavy atom. The van der Waals surface area contributed by atoms with E-state index in [9.17, 15) is 18.4 Å². The van der Waals surface area contributed by atoms with Gasteiger partial charge in [-0.2, -0.15) is 0 Å². The molecule has 2 N–H and O–H groups in total. The molecular formula is C27H20ClF3N4O2. The fraction of sp³-hybridized carbons (Fsp3) is 0.185. The van der Waals surface area contributed by atoms with Crippen molar-refractivity contribution >= 4 is 17.5 Å². The lowest BCUT2D eigenvalue weighted by atomic mass is 10.0. The van der Waals surface area contributed by atoms with Crippen LogP contribution in [0.2, 0.25) is 5.02 Å². The molecule has 1 saturated carbocycles. The van der Waals surface area contributed by atoms with Gasteiger partial charge in [0.05, 0.1) is 17.4 Å². The quantitative estimate of drug-likeness (QED) is 0.381. The van der Waals surface area contributed by atoms with Crippen molar-refractivity contribution in [2.75, 3.05) is 0 Å². The Balaban J connectivity index is 1.61. The molecule has 0 bridgehead atoms. The van der Waals surface area contributed by atoms with E-state index >= 15 is 4.39 Å². The van der Waals surface area contributed by atoms with Gasteiger partial charge in [0, 0.05) is 23.7 Å². The first-order chi connectivity index (χ1) is 17.6. The highest BCUT2D eigenvalue weighted by atomic mass is 35.5. The summed E-state index contributed by atoms with van der Waals surface area (Å²) < 4.78 is 45.6. The molecule has 0 radical (unpaired) electrons. The summed E-state index contributed by atoms with van der Waals surface area (Å²) in [6.07, 6.45) is 4.68. The molecule has 0 spiro atoms. The fourth-order valence-electron chi connectivity index (χ4n) is 4.75. The molecule has 10 heteroatoms. The van der Waals surface area contributed by atoms with Crippen LogP contribution in [-0.4, -0.2) is 20.4 Å². The summed E-state index contributed by atoms with van der Waals surface area (Å²) in [5, 5.41) is -0.0819. The second-order valence-electron chi connectivity index (χ2n) is 9.06. The maximum atomic E-state index is 15.9. The average molecular weight is 525 g/mol. The van der Waals surface area contributed by atoms with Gasteiger partial charge in [0.2, 0.25) is 0 Å². The van der Waals surface area contributed by atoms with Crippen LogP contribution in [0.5, 0.6) is 0 Å². The van der Waals surface area contributed by atoms with Gasteiger partial charge in [-0.25, -0.2) is 13.2 Å². The van der Waals surface area contributed by atoms with Crippen LogP contribution in [0.1, 0.15) is 51.0 Å². The monoisotopic (exact) mass is 524 g/mol. The van der Waals surface area contributed by atoms with Gasteiger partial charge in [-0.15, -0.1) is 0 Å². The van der Waals surface area contributed by atoms with Gasteiger partial charge in [0.1, 0.15) is 22.4 Å². The van der Waals surface area contributed by atoms with Crippen LogP contribution < -0.4 is 11.3 Å². The third-order valence-electron chi connectivity index (χ3n) is 6.63. The number of pyridine rings is 3. The third kappa shape index (κ3) is 4.19. The zero-order valence-electron chi connectivity index (χ0n) is 19.7. The Morgan fingerprint density at radius 1 is 1.08 bits per heavy atom. The lowest BCUT2D eigenvalue weighted by Gasteiger charge is -2.18. The van der Waals surface area contributed by atoms with Gasteiger partial charge < -0.3 is 5.73 Å². The predicted octanol–water partition coefficient (Wildman–Crippen LogP) is 5.35. The van der Waals surface area contributed by atoms with Crippen molar-refractivity contribution in [1.82, 2.24) is 14.5 Å². The highest BCUT2D eigenvalue weighted by Gasteiger charge is 2.42. The molecule has 4 aromatic rings. The number of amides is 1. The van der Waals surface area contributed by atoms with Gasteiger partial charge in [-0.05, 0) is 73.1 Å². The van der Waals surface area contributed by atoms with E-state index in [1.54, 1.807) is 26.1 Å². The molecule has 2 atom stereocenters. The summed E-state index contributed by atoms with van der Waals surface area (Å²) in [4.78, 5) is 32.9. The lowest BCUT2D eigenvalue weighted by molar-refractivity contribution is 0.0996. The minimum Gasteiger partial charge on any atom is -0.366 e. The first kappa shape index (κ1) is 24.7. The average Bonchev–Trinajstić information content (AvgIpc) is 3.65. The van der Waals surface area contributed by atoms with Gasteiger partial charge in [0.25, 0.3) is 11.5 Å². The van der Waals surface area contributed by atoms with E-state index in [4.69, 9.17) is 17.3 Å². The molecule has 3 aromatic heterocycles. The van der Waals surface area contributed by atoms with E-state index in [-0.39, 0.29) is 33.8 Å². The maximum absolute atomic E-state index is 15.9. The van der Waals surface area contributed by atoms with E-state index in [1.807, 2.05) is 0 Å². The van der Waals surface area contributed by atoms with Crippen molar-refractivity contribution in [3.05, 3.63) is 110 Å². The number of halogens is 4. The fourth-order valence-corrected chi connectivity index (χ4v) is 5.03. The van der Waals surface area contributed by atoms with Gasteiger partial charge in [-0.3, -0.25) is 24.1 Å². The molecule has 1 aliphatic carbocycles. The summed E-state index contributed by atoms with van der Waals surface area (Å²) in [6.45, 7) is 3.20. The summed E-state index contributed by atoms with van der Waals surface area (Å²) >= 11 is 6.51. The minimum absolute atomic E-state index is 0.0399. The highest BCUT2D eigenvalue weighted by Crippen LogP contribution is 2.55. The Hall–Kier alpha value is -3.98. The smallest absolute Gasteiger partial charge is 0.274 e. The van der Waals surface area contributed by atoms with Crippen LogP contribution >= 0.6 is 11.6 Å². The van der Waals surface area contributed by atoms with E-state index in [0.717, 1.165) is 10.8 Å². The number of hydrogen-bond donors (Lipinski definition) is 1. The van der Waals surface area contributed by atoms with Crippen LogP contribution in [0.15, 0.2) is 53.7 Å². The number of hydrogen-bond acceptors (Lipinski definition) is 4. The van der Waals surface area contributed by atoms with Crippen molar-refractivity contribution in [2.24, 2.45) is 5.73 Å². The number of carbonyl (C=O) groups excluding carboxylic acids is 1. The third-order valence-corrected chi connectivity index (χ3v) is 7.00. The van der Waals surface area contributed by atoms with Gasteiger partial charge >= 0.3 is 0 Å². The number of primary amides is 1. The number of benzene rings is 1. The lowest BCUT2D eigenvalue weighted by Crippen LogP contribution is -2.24. The topological polar surface area (TPSA) is 90.9 Å². The summed E-state index contributed by atoms with van der Waals surface area (Å²) in [5.74, 6) is -3.57. The summed E-state index contributed by atoms with van der Waals surface area (Å²) in [7, 11) is 0. The molecule has 1 aliphatic rings. The second-order valence-corrected chi connectivity index (χ2v) is 9.44. The van der Waals surface area contributed by atoms with Crippen molar-refractivity contribution < 1.29 is 18.0 Å². The number of aryl methyl sites for hydroxylation is 2. The van der Waals surface area contributed by atoms with Crippen LogP contribution in [-0.2, 0) is 0 Å². The Labute approximate surface area is 214 Å². The molecule has 0 unspecified atom stereocenters. The Bertz CT molecular complexity index is 1650. The molecule has 1 aromatic carbocycles. The van der Waals surface area contributed by atoms with Crippen molar-refractivity contribution in [2.45, 2.75) is 32.1 Å². The molecule has 1 fully saturated rings. The van der Waals surface area contributed by atoms with E-state index < -0.39 is 34.5 Å². The van der Waals surface area contributed by atoms with Crippen molar-refractivity contribution in [3.8, 4) is 16.9 Å². The maximum Gasteiger partial charge on any atom is 0.274 e. The number of aromatic nitrogens is 3. The molecule has 6 nitrogen and oxygen atoms in total. The predicted molar refractivity (Wildman–Crippen MR) is 132 cm³/mol. The molecule has 0 saturated heterocycles. The van der Waals surface area contributed by atoms with E-state index in [1.165, 1.54) is 30.5 Å². The van der Waals surface area contributed by atoms with Crippen LogP contribution in [0.4, 0.5) is 13.2 Å². The van der Waals surface area contributed by atoms with Crippen molar-refractivity contribution in [1.29, 1.82) is 0 Å². The number of nitrogens with two attached hydrogens (primary N) is 1. The van der Waals surface area contributed by atoms with Gasteiger partial charge in [0.15, 0.2) is 5.82 Å². The Morgan fingerprint density at radius 2 is 1.84 bits per heavy atom. The van der Waals surface area contributed by atoms with Crippen LogP contribution in [0.25, 0.3) is 16.9 Å². The molecule has 5 rings (SSSR count). The number of nitrogens with zero attached hydrogens (tertiary/aromatic N) is 3. The first-order valence-electron chi connectivity index (χ1n) is 11.4. The molecule has 37 heavy (non-hydrogen) atoms. The summed E-state index contributed by atoms with van der Waals surface area (Å²) in [6, 6.07) is 6.93. The Kier molecular flexibility index (Phi) is 6.11. The molecule has 0 aliphatic heterocycles. The first-order valence-corrected chi connectivity index (χ1v) is 11.7. The standard InChI is InChI=1S/C27H20ClF3N4O2/c1-12-9-34-24(16-4-3-5-17(22(16)30)26(32)36)23(31)25(12)35-13(2)6-20(21(28)27(35)37)19-8-18(19)14-7-15(29)11-33-10-14/h3-7,9-11,18-19H,8H2,1-2H3,(H2,32,36)/t18-,19+/m1/s1. The van der Waals surface area contributed by atoms with Crippen LogP contribution in [0.3, 0.4) is 0 Å². The minimum atomic E-state index is -1.01. The highest BCUT2D eigenvalue weighted by molar-refractivity contribution is 6.31. The molecule has 1 amide bonds. The molecule has 3 heterocycles. The number of rotatable bonds is 5. The van der Waals surface area contributed by atoms with Crippen molar-refractivity contribution in [3.63, 3.8) is 0 Å². The second kappa shape index (κ2) is 9.15. The zero-order valence-corrected chi connectivity index (χ0v) is 20.5. The molecule has 188 valence electrons.